The lowest BCUT2D eigenvalue weighted by molar-refractivity contribution is 0.258. The van der Waals surface area contributed by atoms with Gasteiger partial charge in [-0.1, -0.05) is 13.3 Å². The second-order valence-electron chi connectivity index (χ2n) is 4.89. The Morgan fingerprint density at radius 2 is 2.39 bits per heavy atom. The molecule has 5 heteroatoms. The molecule has 1 saturated carbocycles. The number of nitrogens with one attached hydrogen (secondary N) is 1. The van der Waals surface area contributed by atoms with Gasteiger partial charge in [0, 0.05) is 31.6 Å². The van der Waals surface area contributed by atoms with Gasteiger partial charge in [-0.05, 0) is 25.2 Å². The molecule has 2 N–H and O–H groups in total. The van der Waals surface area contributed by atoms with Crippen molar-refractivity contribution in [2.24, 2.45) is 5.92 Å². The molecule has 0 aliphatic heterocycles. The summed E-state index contributed by atoms with van der Waals surface area (Å²) >= 11 is 0. The van der Waals surface area contributed by atoms with Gasteiger partial charge in [-0.2, -0.15) is 0 Å². The molecule has 1 unspecified atom stereocenters. The van der Waals surface area contributed by atoms with Crippen molar-refractivity contribution in [1.82, 2.24) is 9.55 Å². The molecule has 0 aromatic carbocycles. The minimum atomic E-state index is -0.0288. The summed E-state index contributed by atoms with van der Waals surface area (Å²) in [6.45, 7) is 2.96. The summed E-state index contributed by atoms with van der Waals surface area (Å²) in [5.41, 5.74) is -0.0288. The highest BCUT2D eigenvalue weighted by Gasteiger charge is 2.25. The lowest BCUT2D eigenvalue weighted by Crippen LogP contribution is -2.26. The van der Waals surface area contributed by atoms with Gasteiger partial charge >= 0.3 is 0 Å². The van der Waals surface area contributed by atoms with Crippen LogP contribution in [0.5, 0.6) is 0 Å². The van der Waals surface area contributed by atoms with E-state index in [0.717, 1.165) is 25.7 Å². The van der Waals surface area contributed by atoms with Gasteiger partial charge in [0.15, 0.2) is 5.82 Å². The molecule has 5 nitrogen and oxygen atoms in total. The first-order chi connectivity index (χ1) is 8.76. The van der Waals surface area contributed by atoms with Crippen molar-refractivity contribution in [3.05, 3.63) is 22.7 Å². The van der Waals surface area contributed by atoms with Crippen molar-refractivity contribution >= 4 is 5.82 Å². The molecule has 1 aliphatic carbocycles. The summed E-state index contributed by atoms with van der Waals surface area (Å²) in [6.07, 6.45) is 7.35. The fourth-order valence-electron chi connectivity index (χ4n) is 2.06. The molecule has 1 aliphatic rings. The van der Waals surface area contributed by atoms with Crippen LogP contribution >= 0.6 is 0 Å². The van der Waals surface area contributed by atoms with Gasteiger partial charge < -0.3 is 15.0 Å². The van der Waals surface area contributed by atoms with Crippen molar-refractivity contribution in [3.8, 4) is 0 Å². The Morgan fingerprint density at radius 1 is 1.61 bits per heavy atom. The Hall–Kier alpha value is -1.36. The van der Waals surface area contributed by atoms with E-state index in [1.807, 2.05) is 0 Å². The van der Waals surface area contributed by atoms with Crippen molar-refractivity contribution in [3.63, 3.8) is 0 Å². The second-order valence-corrected chi connectivity index (χ2v) is 4.89. The van der Waals surface area contributed by atoms with Crippen LogP contribution in [-0.4, -0.2) is 27.8 Å². The topological polar surface area (TPSA) is 67.2 Å². The fraction of sp³-hybridized carbons (Fsp3) is 0.692. The quantitative estimate of drug-likeness (QED) is 0.768. The van der Waals surface area contributed by atoms with Crippen molar-refractivity contribution in [2.45, 2.75) is 38.6 Å². The highest BCUT2D eigenvalue weighted by molar-refractivity contribution is 5.31. The largest absolute Gasteiger partial charge is 0.396 e. The van der Waals surface area contributed by atoms with Crippen LogP contribution in [-0.2, 0) is 0 Å². The molecule has 2 rings (SSSR count). The Kier molecular flexibility index (Phi) is 4.36. The molecule has 0 radical (unpaired) electrons. The molecule has 1 aromatic heterocycles. The molecule has 1 fully saturated rings. The van der Waals surface area contributed by atoms with Crippen LogP contribution < -0.4 is 10.9 Å². The smallest absolute Gasteiger partial charge is 0.293 e. The van der Waals surface area contributed by atoms with Gasteiger partial charge in [-0.25, -0.2) is 4.98 Å². The number of aromatic nitrogens is 2. The number of hydrogen-bond acceptors (Lipinski definition) is 4. The summed E-state index contributed by atoms with van der Waals surface area (Å²) in [5, 5.41) is 12.1. The van der Waals surface area contributed by atoms with Crippen molar-refractivity contribution in [1.29, 1.82) is 0 Å². The van der Waals surface area contributed by atoms with Crippen LogP contribution in [0.4, 0.5) is 5.82 Å². The van der Waals surface area contributed by atoms with E-state index >= 15 is 0 Å². The van der Waals surface area contributed by atoms with Gasteiger partial charge in [-0.15, -0.1) is 0 Å². The Balaban J connectivity index is 2.00. The summed E-state index contributed by atoms with van der Waals surface area (Å²) in [5.74, 6) is 0.812. The van der Waals surface area contributed by atoms with Gasteiger partial charge in [0.2, 0.25) is 0 Å². The number of hydrogen-bond donors (Lipinski definition) is 2. The first kappa shape index (κ1) is 13.1. The van der Waals surface area contributed by atoms with Crippen molar-refractivity contribution in [2.75, 3.05) is 18.5 Å². The number of rotatable bonds is 7. The van der Waals surface area contributed by atoms with E-state index in [1.54, 1.807) is 17.0 Å². The standard InChI is InChI=1S/C13H21N3O2/c1-2-10(5-8-17)9-15-12-13(18)16(7-6-14-12)11-3-4-11/h6-7,10-11,17H,2-5,8-9H2,1H3,(H,14,15). The summed E-state index contributed by atoms with van der Waals surface area (Å²) in [7, 11) is 0. The third kappa shape index (κ3) is 3.10. The monoisotopic (exact) mass is 251 g/mol. The molecule has 0 spiro atoms. The Morgan fingerprint density at radius 3 is 3.00 bits per heavy atom. The predicted octanol–water partition coefficient (Wildman–Crippen LogP) is 1.40. The average molecular weight is 251 g/mol. The van der Waals surface area contributed by atoms with E-state index in [0.29, 0.717) is 24.3 Å². The van der Waals surface area contributed by atoms with Crippen LogP contribution in [0, 0.1) is 5.92 Å². The van der Waals surface area contributed by atoms with E-state index in [9.17, 15) is 4.79 Å². The lowest BCUT2D eigenvalue weighted by Gasteiger charge is -2.14. The zero-order chi connectivity index (χ0) is 13.0. The zero-order valence-corrected chi connectivity index (χ0v) is 10.8. The molecular formula is C13H21N3O2. The Labute approximate surface area is 107 Å². The average Bonchev–Trinajstić information content (AvgIpc) is 3.20. The molecule has 1 heterocycles. The predicted molar refractivity (Wildman–Crippen MR) is 70.7 cm³/mol. The maximum Gasteiger partial charge on any atom is 0.293 e. The van der Waals surface area contributed by atoms with E-state index in [-0.39, 0.29) is 12.2 Å². The molecule has 0 bridgehead atoms. The van der Waals surface area contributed by atoms with Crippen LogP contribution in [0.3, 0.4) is 0 Å². The van der Waals surface area contributed by atoms with Gasteiger partial charge in [-0.3, -0.25) is 4.79 Å². The molecule has 0 saturated heterocycles. The number of aliphatic hydroxyl groups excluding tert-OH is 1. The van der Waals surface area contributed by atoms with Crippen molar-refractivity contribution < 1.29 is 5.11 Å². The molecular weight excluding hydrogens is 230 g/mol. The van der Waals surface area contributed by atoms with Crippen LogP contribution in [0.1, 0.15) is 38.6 Å². The number of aliphatic hydroxyl groups is 1. The number of nitrogens with zero attached hydrogens (tertiary/aromatic N) is 2. The molecule has 1 aromatic rings. The maximum absolute atomic E-state index is 12.1. The third-order valence-corrected chi connectivity index (χ3v) is 3.48. The summed E-state index contributed by atoms with van der Waals surface area (Å²) in [4.78, 5) is 16.2. The van der Waals surface area contributed by atoms with E-state index in [1.165, 1.54) is 0 Å². The molecule has 1 atom stereocenters. The van der Waals surface area contributed by atoms with Gasteiger partial charge in [0.25, 0.3) is 5.56 Å². The second kappa shape index (κ2) is 6.00. The molecule has 18 heavy (non-hydrogen) atoms. The third-order valence-electron chi connectivity index (χ3n) is 3.48. The molecule has 100 valence electrons. The highest BCUT2D eigenvalue weighted by atomic mass is 16.3. The van der Waals surface area contributed by atoms with Crippen LogP contribution in [0.2, 0.25) is 0 Å². The summed E-state index contributed by atoms with van der Waals surface area (Å²) < 4.78 is 1.77. The van der Waals surface area contributed by atoms with Crippen LogP contribution in [0.15, 0.2) is 17.2 Å². The normalized spacial score (nSPS) is 16.6. The highest BCUT2D eigenvalue weighted by Crippen LogP contribution is 2.33. The molecule has 0 amide bonds. The SMILES string of the molecule is CCC(CCO)CNc1nccn(C2CC2)c1=O. The van der Waals surface area contributed by atoms with E-state index in [2.05, 4.69) is 17.2 Å². The van der Waals surface area contributed by atoms with Gasteiger partial charge in [0.05, 0.1) is 0 Å². The van der Waals surface area contributed by atoms with E-state index < -0.39 is 0 Å². The zero-order valence-electron chi connectivity index (χ0n) is 10.8. The first-order valence-electron chi connectivity index (χ1n) is 6.68. The minimum Gasteiger partial charge on any atom is -0.396 e. The Bertz CT molecular complexity index is 440. The number of anilines is 1. The fourth-order valence-corrected chi connectivity index (χ4v) is 2.06. The minimum absolute atomic E-state index is 0.0288. The summed E-state index contributed by atoms with van der Waals surface area (Å²) in [6, 6.07) is 0.375. The van der Waals surface area contributed by atoms with Gasteiger partial charge in [0.1, 0.15) is 0 Å². The first-order valence-corrected chi connectivity index (χ1v) is 6.68. The van der Waals surface area contributed by atoms with E-state index in [4.69, 9.17) is 5.11 Å². The van der Waals surface area contributed by atoms with Crippen LogP contribution in [0.25, 0.3) is 0 Å². The maximum atomic E-state index is 12.1. The lowest BCUT2D eigenvalue weighted by atomic mass is 10.0.